The Hall–Kier alpha value is -2.10. The number of rotatable bonds is 5. The van der Waals surface area contributed by atoms with Gasteiger partial charge in [0, 0.05) is 19.2 Å². The number of hydrogen-bond donors (Lipinski definition) is 1. The van der Waals surface area contributed by atoms with Gasteiger partial charge in [-0.3, -0.25) is 14.5 Å². The van der Waals surface area contributed by atoms with E-state index in [-0.39, 0.29) is 11.8 Å². The molecule has 4 nitrogen and oxygen atoms in total. The maximum Gasteiger partial charge on any atom is 0.276 e. The fraction of sp³-hybridized carbons (Fsp3) is 0.286. The number of carbonyl (C=O) groups excluding carboxylic acids is 2. The molecular formula is C14H16N2O2. The van der Waals surface area contributed by atoms with Crippen LogP contribution in [-0.2, 0) is 16.1 Å². The second-order valence-corrected chi connectivity index (χ2v) is 4.19. The molecule has 0 atom stereocenters. The molecule has 0 saturated heterocycles. The molecule has 18 heavy (non-hydrogen) atoms. The molecular weight excluding hydrogens is 228 g/mol. The van der Waals surface area contributed by atoms with Crippen LogP contribution in [0.5, 0.6) is 0 Å². The zero-order valence-electron chi connectivity index (χ0n) is 10.3. The van der Waals surface area contributed by atoms with E-state index in [4.69, 9.17) is 0 Å². The van der Waals surface area contributed by atoms with Gasteiger partial charge in [0.25, 0.3) is 11.8 Å². The van der Waals surface area contributed by atoms with Crippen molar-refractivity contribution in [3.05, 3.63) is 47.7 Å². The third-order valence-corrected chi connectivity index (χ3v) is 2.78. The fourth-order valence-electron chi connectivity index (χ4n) is 1.86. The van der Waals surface area contributed by atoms with Crippen LogP contribution in [-0.4, -0.2) is 23.3 Å². The maximum atomic E-state index is 11.9. The van der Waals surface area contributed by atoms with Gasteiger partial charge in [0.2, 0.25) is 0 Å². The lowest BCUT2D eigenvalue weighted by Gasteiger charge is -2.13. The Bertz CT molecular complexity index is 480. The number of carbonyl (C=O) groups is 2. The molecule has 94 valence electrons. The first-order valence-electron chi connectivity index (χ1n) is 6.07. The Kier molecular flexibility index (Phi) is 3.77. The summed E-state index contributed by atoms with van der Waals surface area (Å²) >= 11 is 0. The number of nitrogens with one attached hydrogen (secondary N) is 1. The van der Waals surface area contributed by atoms with Crippen molar-refractivity contribution >= 4 is 11.8 Å². The Balaban J connectivity index is 1.97. The van der Waals surface area contributed by atoms with Gasteiger partial charge in [0.15, 0.2) is 0 Å². The smallest absolute Gasteiger partial charge is 0.276 e. The average Bonchev–Trinajstić information content (AvgIpc) is 2.66. The molecule has 1 aromatic carbocycles. The highest BCUT2D eigenvalue weighted by atomic mass is 16.2. The van der Waals surface area contributed by atoms with E-state index in [0.717, 1.165) is 12.0 Å². The Labute approximate surface area is 106 Å². The quantitative estimate of drug-likeness (QED) is 0.797. The van der Waals surface area contributed by atoms with E-state index in [9.17, 15) is 9.59 Å². The van der Waals surface area contributed by atoms with Gasteiger partial charge in [-0.1, -0.05) is 37.3 Å². The summed E-state index contributed by atoms with van der Waals surface area (Å²) in [6.07, 6.45) is 2.15. The zero-order chi connectivity index (χ0) is 13.0. The molecule has 0 aromatic heterocycles. The van der Waals surface area contributed by atoms with Crippen molar-refractivity contribution < 1.29 is 9.59 Å². The second kappa shape index (κ2) is 5.49. The van der Waals surface area contributed by atoms with Crippen LogP contribution < -0.4 is 5.32 Å². The number of imide groups is 1. The van der Waals surface area contributed by atoms with Crippen LogP contribution in [0.25, 0.3) is 0 Å². The molecule has 2 rings (SSSR count). The second-order valence-electron chi connectivity index (χ2n) is 4.19. The minimum atomic E-state index is -0.225. The van der Waals surface area contributed by atoms with Crippen LogP contribution >= 0.6 is 0 Å². The molecule has 1 heterocycles. The van der Waals surface area contributed by atoms with Crippen molar-refractivity contribution in [3.63, 3.8) is 0 Å². The predicted molar refractivity (Wildman–Crippen MR) is 68.4 cm³/mol. The maximum absolute atomic E-state index is 11.9. The Morgan fingerprint density at radius 2 is 1.89 bits per heavy atom. The molecule has 1 N–H and O–H groups in total. The van der Waals surface area contributed by atoms with Gasteiger partial charge in [-0.2, -0.15) is 0 Å². The van der Waals surface area contributed by atoms with Crippen LogP contribution in [0.4, 0.5) is 0 Å². The number of amides is 2. The van der Waals surface area contributed by atoms with Crippen molar-refractivity contribution in [2.75, 3.05) is 6.54 Å². The predicted octanol–water partition coefficient (Wildman–Crippen LogP) is 1.44. The minimum absolute atomic E-state index is 0.224. The van der Waals surface area contributed by atoms with Gasteiger partial charge < -0.3 is 5.32 Å². The van der Waals surface area contributed by atoms with Crippen LogP contribution in [0.15, 0.2) is 42.1 Å². The lowest BCUT2D eigenvalue weighted by atomic mass is 10.2. The molecule has 1 aromatic rings. The van der Waals surface area contributed by atoms with E-state index < -0.39 is 0 Å². The third kappa shape index (κ3) is 2.59. The SMILES string of the molecule is CCCN1C(=O)C=C(NCc2ccccc2)C1=O. The van der Waals surface area contributed by atoms with Gasteiger partial charge in [0.1, 0.15) is 5.70 Å². The normalized spacial score (nSPS) is 14.9. The van der Waals surface area contributed by atoms with E-state index in [0.29, 0.717) is 18.8 Å². The molecule has 0 aliphatic carbocycles. The summed E-state index contributed by atoms with van der Waals surface area (Å²) in [4.78, 5) is 24.8. The molecule has 0 spiro atoms. The van der Waals surface area contributed by atoms with E-state index in [1.807, 2.05) is 37.3 Å². The van der Waals surface area contributed by atoms with E-state index >= 15 is 0 Å². The number of hydrogen-bond acceptors (Lipinski definition) is 3. The molecule has 0 radical (unpaired) electrons. The summed E-state index contributed by atoms with van der Waals surface area (Å²) in [5, 5.41) is 3.02. The van der Waals surface area contributed by atoms with Gasteiger partial charge >= 0.3 is 0 Å². The number of benzene rings is 1. The largest absolute Gasteiger partial charge is 0.376 e. The van der Waals surface area contributed by atoms with Crippen molar-refractivity contribution in [2.24, 2.45) is 0 Å². The summed E-state index contributed by atoms with van der Waals surface area (Å²) in [6, 6.07) is 9.76. The Morgan fingerprint density at radius 3 is 2.56 bits per heavy atom. The topological polar surface area (TPSA) is 49.4 Å². The first kappa shape index (κ1) is 12.4. The third-order valence-electron chi connectivity index (χ3n) is 2.78. The van der Waals surface area contributed by atoms with Crippen LogP contribution in [0, 0.1) is 0 Å². The van der Waals surface area contributed by atoms with Crippen molar-refractivity contribution in [1.82, 2.24) is 10.2 Å². The molecule has 1 aliphatic heterocycles. The summed E-state index contributed by atoms with van der Waals surface area (Å²) in [5.74, 6) is -0.449. The van der Waals surface area contributed by atoms with E-state index in [2.05, 4.69) is 5.32 Å². The summed E-state index contributed by atoms with van der Waals surface area (Å²) < 4.78 is 0. The van der Waals surface area contributed by atoms with Crippen LogP contribution in [0.2, 0.25) is 0 Å². The number of nitrogens with zero attached hydrogens (tertiary/aromatic N) is 1. The first-order chi connectivity index (χ1) is 8.72. The van der Waals surface area contributed by atoms with E-state index in [1.165, 1.54) is 11.0 Å². The molecule has 0 unspecified atom stereocenters. The highest BCUT2D eigenvalue weighted by Gasteiger charge is 2.29. The highest BCUT2D eigenvalue weighted by Crippen LogP contribution is 2.11. The standard InChI is InChI=1S/C14H16N2O2/c1-2-8-16-13(17)9-12(14(16)18)15-10-11-6-4-3-5-7-11/h3-7,9,15H,2,8,10H2,1H3. The van der Waals surface area contributed by atoms with Gasteiger partial charge in [-0.25, -0.2) is 0 Å². The Morgan fingerprint density at radius 1 is 1.17 bits per heavy atom. The molecule has 0 fully saturated rings. The highest BCUT2D eigenvalue weighted by molar-refractivity contribution is 6.15. The van der Waals surface area contributed by atoms with Gasteiger partial charge in [0.05, 0.1) is 0 Å². The molecule has 4 heteroatoms. The van der Waals surface area contributed by atoms with Crippen LogP contribution in [0.3, 0.4) is 0 Å². The molecule has 0 bridgehead atoms. The fourth-order valence-corrected chi connectivity index (χ4v) is 1.86. The zero-order valence-corrected chi connectivity index (χ0v) is 10.3. The van der Waals surface area contributed by atoms with Crippen molar-refractivity contribution in [1.29, 1.82) is 0 Å². The lowest BCUT2D eigenvalue weighted by molar-refractivity contribution is -0.137. The summed E-state index contributed by atoms with van der Waals surface area (Å²) in [6.45, 7) is 2.96. The monoisotopic (exact) mass is 244 g/mol. The molecule has 0 saturated carbocycles. The minimum Gasteiger partial charge on any atom is -0.376 e. The van der Waals surface area contributed by atoms with Gasteiger partial charge in [-0.05, 0) is 12.0 Å². The van der Waals surface area contributed by atoms with Crippen molar-refractivity contribution in [2.45, 2.75) is 19.9 Å². The first-order valence-corrected chi connectivity index (χ1v) is 6.07. The van der Waals surface area contributed by atoms with Crippen LogP contribution in [0.1, 0.15) is 18.9 Å². The molecule has 1 aliphatic rings. The average molecular weight is 244 g/mol. The van der Waals surface area contributed by atoms with E-state index in [1.54, 1.807) is 0 Å². The summed E-state index contributed by atoms with van der Waals surface area (Å²) in [7, 11) is 0. The lowest BCUT2D eigenvalue weighted by Crippen LogP contribution is -2.33. The summed E-state index contributed by atoms with van der Waals surface area (Å²) in [5.41, 5.74) is 1.46. The molecule has 2 amide bonds. The van der Waals surface area contributed by atoms with Gasteiger partial charge in [-0.15, -0.1) is 0 Å². The van der Waals surface area contributed by atoms with Crippen molar-refractivity contribution in [3.8, 4) is 0 Å².